The van der Waals surface area contributed by atoms with Gasteiger partial charge in [-0.2, -0.15) is 0 Å². The Labute approximate surface area is 127 Å². The lowest BCUT2D eigenvalue weighted by atomic mass is 9.88. The molecule has 3 aliphatic rings. The van der Waals surface area contributed by atoms with Crippen LogP contribution in [0.25, 0.3) is 0 Å². The second-order valence-corrected chi connectivity index (χ2v) is 6.58. The minimum Gasteiger partial charge on any atom is -0.376 e. The van der Waals surface area contributed by atoms with E-state index in [0.29, 0.717) is 6.61 Å². The predicted molar refractivity (Wildman–Crippen MR) is 81.1 cm³/mol. The van der Waals surface area contributed by atoms with Crippen molar-refractivity contribution in [2.45, 2.75) is 63.6 Å². The Morgan fingerprint density at radius 2 is 2.38 bits per heavy atom. The standard InChI is InChI=1S/C17H27NO3/c1-2-20-15-11-17(21-12-15)9-6-10-18(13-17)16(19)14-7-4-3-5-8-14/h7,15H,2-6,8-13H2,1H3/t15-,17-/m1/s1. The quantitative estimate of drug-likeness (QED) is 0.803. The number of hydrogen-bond acceptors (Lipinski definition) is 3. The average Bonchev–Trinajstić information content (AvgIpc) is 2.90. The average molecular weight is 293 g/mol. The van der Waals surface area contributed by atoms with Crippen molar-refractivity contribution in [3.8, 4) is 0 Å². The SMILES string of the molecule is CCO[C@H]1CO[C@]2(CCCN(C(=O)C3=CCCCC3)C2)C1. The summed E-state index contributed by atoms with van der Waals surface area (Å²) in [5, 5.41) is 0. The van der Waals surface area contributed by atoms with Crippen molar-refractivity contribution in [1.29, 1.82) is 0 Å². The van der Waals surface area contributed by atoms with Gasteiger partial charge in [0.2, 0.25) is 5.91 Å². The van der Waals surface area contributed by atoms with Gasteiger partial charge in [-0.15, -0.1) is 0 Å². The first-order chi connectivity index (χ1) is 10.2. The van der Waals surface area contributed by atoms with Crippen LogP contribution < -0.4 is 0 Å². The van der Waals surface area contributed by atoms with Crippen LogP contribution in [0.2, 0.25) is 0 Å². The number of piperidine rings is 1. The zero-order chi connectivity index (χ0) is 14.7. The Bertz CT molecular complexity index is 420. The van der Waals surface area contributed by atoms with E-state index in [9.17, 15) is 4.79 Å². The normalized spacial score (nSPS) is 33.3. The molecule has 2 fully saturated rings. The van der Waals surface area contributed by atoms with Crippen LogP contribution in [-0.2, 0) is 14.3 Å². The molecule has 2 saturated heterocycles. The van der Waals surface area contributed by atoms with Gasteiger partial charge < -0.3 is 14.4 Å². The molecule has 2 aliphatic heterocycles. The van der Waals surface area contributed by atoms with Crippen LogP contribution in [0.3, 0.4) is 0 Å². The van der Waals surface area contributed by atoms with Crippen molar-refractivity contribution < 1.29 is 14.3 Å². The Morgan fingerprint density at radius 1 is 1.48 bits per heavy atom. The minimum absolute atomic E-state index is 0.150. The van der Waals surface area contributed by atoms with E-state index >= 15 is 0 Å². The third-order valence-corrected chi connectivity index (χ3v) is 4.97. The van der Waals surface area contributed by atoms with E-state index in [1.54, 1.807) is 0 Å². The minimum atomic E-state index is -0.150. The maximum atomic E-state index is 12.7. The summed E-state index contributed by atoms with van der Waals surface area (Å²) in [6.45, 7) is 5.06. The van der Waals surface area contributed by atoms with Crippen LogP contribution in [0, 0.1) is 0 Å². The first-order valence-electron chi connectivity index (χ1n) is 8.46. The summed E-state index contributed by atoms with van der Waals surface area (Å²) in [6, 6.07) is 0. The van der Waals surface area contributed by atoms with E-state index in [0.717, 1.165) is 63.8 Å². The second-order valence-electron chi connectivity index (χ2n) is 6.58. The molecule has 0 saturated carbocycles. The van der Waals surface area contributed by atoms with Crippen molar-refractivity contribution in [3.05, 3.63) is 11.6 Å². The van der Waals surface area contributed by atoms with E-state index in [4.69, 9.17) is 9.47 Å². The molecule has 0 aromatic heterocycles. The smallest absolute Gasteiger partial charge is 0.249 e. The van der Waals surface area contributed by atoms with Crippen molar-refractivity contribution >= 4 is 5.91 Å². The lowest BCUT2D eigenvalue weighted by Crippen LogP contribution is -2.50. The van der Waals surface area contributed by atoms with Gasteiger partial charge in [0.05, 0.1) is 24.9 Å². The molecule has 0 aromatic carbocycles. The highest BCUT2D eigenvalue weighted by atomic mass is 16.6. The maximum Gasteiger partial charge on any atom is 0.249 e. The molecule has 3 rings (SSSR count). The van der Waals surface area contributed by atoms with Gasteiger partial charge in [-0.25, -0.2) is 0 Å². The summed E-state index contributed by atoms with van der Waals surface area (Å²) in [5.41, 5.74) is 0.876. The molecule has 4 heteroatoms. The Morgan fingerprint density at radius 3 is 3.14 bits per heavy atom. The van der Waals surface area contributed by atoms with Gasteiger partial charge in [0, 0.05) is 25.1 Å². The number of carbonyl (C=O) groups is 1. The van der Waals surface area contributed by atoms with E-state index < -0.39 is 0 Å². The van der Waals surface area contributed by atoms with Crippen LogP contribution >= 0.6 is 0 Å². The number of amides is 1. The number of hydrogen-bond donors (Lipinski definition) is 0. The van der Waals surface area contributed by atoms with Gasteiger partial charge in [0.1, 0.15) is 0 Å². The van der Waals surface area contributed by atoms with Crippen LogP contribution in [0.1, 0.15) is 51.9 Å². The lowest BCUT2D eigenvalue weighted by Gasteiger charge is -2.40. The van der Waals surface area contributed by atoms with Crippen LogP contribution in [0.15, 0.2) is 11.6 Å². The first kappa shape index (κ1) is 15.0. The van der Waals surface area contributed by atoms with Gasteiger partial charge in [0.15, 0.2) is 0 Å². The van der Waals surface area contributed by atoms with Crippen molar-refractivity contribution in [1.82, 2.24) is 4.90 Å². The van der Waals surface area contributed by atoms with Gasteiger partial charge in [-0.1, -0.05) is 6.08 Å². The molecule has 2 atom stereocenters. The maximum absolute atomic E-state index is 12.7. The van der Waals surface area contributed by atoms with Crippen molar-refractivity contribution in [2.24, 2.45) is 0 Å². The highest BCUT2D eigenvalue weighted by Gasteiger charge is 2.45. The summed E-state index contributed by atoms with van der Waals surface area (Å²) >= 11 is 0. The molecule has 1 aliphatic carbocycles. The molecule has 0 bridgehead atoms. The van der Waals surface area contributed by atoms with Crippen LogP contribution in [-0.4, -0.2) is 48.8 Å². The fraction of sp³-hybridized carbons (Fsp3) is 0.824. The highest BCUT2D eigenvalue weighted by Crippen LogP contribution is 2.36. The fourth-order valence-corrected chi connectivity index (χ4v) is 3.94. The summed E-state index contributed by atoms with van der Waals surface area (Å²) in [4.78, 5) is 14.7. The van der Waals surface area contributed by atoms with Crippen LogP contribution in [0.4, 0.5) is 0 Å². The highest BCUT2D eigenvalue weighted by molar-refractivity contribution is 5.93. The zero-order valence-electron chi connectivity index (χ0n) is 13.1. The molecule has 21 heavy (non-hydrogen) atoms. The van der Waals surface area contributed by atoms with Gasteiger partial charge in [-0.05, 0) is 45.4 Å². The van der Waals surface area contributed by atoms with E-state index in [-0.39, 0.29) is 17.6 Å². The van der Waals surface area contributed by atoms with Gasteiger partial charge >= 0.3 is 0 Å². The van der Waals surface area contributed by atoms with E-state index in [1.165, 1.54) is 6.42 Å². The Balaban J connectivity index is 1.63. The number of rotatable bonds is 3. The topological polar surface area (TPSA) is 38.8 Å². The number of allylic oxidation sites excluding steroid dienone is 1. The predicted octanol–water partition coefficient (Wildman–Crippen LogP) is 2.67. The summed E-state index contributed by atoms with van der Waals surface area (Å²) in [7, 11) is 0. The largest absolute Gasteiger partial charge is 0.376 e. The molecule has 118 valence electrons. The molecule has 0 N–H and O–H groups in total. The van der Waals surface area contributed by atoms with E-state index in [1.807, 2.05) is 11.8 Å². The molecule has 2 heterocycles. The summed E-state index contributed by atoms with van der Waals surface area (Å²) < 4.78 is 11.8. The fourth-order valence-electron chi connectivity index (χ4n) is 3.94. The zero-order valence-corrected chi connectivity index (χ0v) is 13.1. The third kappa shape index (κ3) is 3.32. The number of likely N-dealkylation sites (tertiary alicyclic amines) is 1. The monoisotopic (exact) mass is 293 g/mol. The molecular weight excluding hydrogens is 266 g/mol. The van der Waals surface area contributed by atoms with E-state index in [2.05, 4.69) is 6.08 Å². The molecule has 0 radical (unpaired) electrons. The Hall–Kier alpha value is -0.870. The second kappa shape index (κ2) is 6.49. The number of carbonyl (C=O) groups excluding carboxylic acids is 1. The number of ether oxygens (including phenoxy) is 2. The molecule has 0 unspecified atom stereocenters. The summed E-state index contributed by atoms with van der Waals surface area (Å²) in [6.07, 6.45) is 9.76. The summed E-state index contributed by atoms with van der Waals surface area (Å²) in [5.74, 6) is 0.247. The molecule has 0 aromatic rings. The Kier molecular flexibility index (Phi) is 4.65. The van der Waals surface area contributed by atoms with Gasteiger partial charge in [-0.3, -0.25) is 4.79 Å². The first-order valence-corrected chi connectivity index (χ1v) is 8.46. The van der Waals surface area contributed by atoms with Crippen molar-refractivity contribution in [2.75, 3.05) is 26.3 Å². The molecular formula is C17H27NO3. The molecule has 4 nitrogen and oxygen atoms in total. The van der Waals surface area contributed by atoms with Gasteiger partial charge in [0.25, 0.3) is 0 Å². The lowest BCUT2D eigenvalue weighted by molar-refractivity contribution is -0.135. The van der Waals surface area contributed by atoms with Crippen molar-refractivity contribution in [3.63, 3.8) is 0 Å². The molecule has 1 amide bonds. The third-order valence-electron chi connectivity index (χ3n) is 4.97. The molecule has 1 spiro atoms. The van der Waals surface area contributed by atoms with Crippen LogP contribution in [0.5, 0.6) is 0 Å². The number of nitrogens with zero attached hydrogens (tertiary/aromatic N) is 1.